The molecule has 0 N–H and O–H groups in total. The SMILES string of the molecule is Cc1ccc(-n2c(C(C)Cl)nc3c(Cl)cccc32)cc1F. The minimum Gasteiger partial charge on any atom is -0.295 e. The van der Waals surface area contributed by atoms with Crippen LogP contribution < -0.4 is 0 Å². The van der Waals surface area contributed by atoms with Gasteiger partial charge < -0.3 is 0 Å². The zero-order chi connectivity index (χ0) is 15.1. The number of alkyl halides is 1. The molecule has 0 saturated carbocycles. The minimum absolute atomic E-state index is 0.260. The highest BCUT2D eigenvalue weighted by Crippen LogP contribution is 2.31. The monoisotopic (exact) mass is 322 g/mol. The third-order valence-corrected chi connectivity index (χ3v) is 3.93. The highest BCUT2D eigenvalue weighted by molar-refractivity contribution is 6.35. The molecule has 0 bridgehead atoms. The molecule has 0 radical (unpaired) electrons. The maximum absolute atomic E-state index is 13.9. The summed E-state index contributed by atoms with van der Waals surface area (Å²) >= 11 is 12.4. The van der Waals surface area contributed by atoms with Crippen molar-refractivity contribution < 1.29 is 4.39 Å². The van der Waals surface area contributed by atoms with Crippen LogP contribution in [0.5, 0.6) is 0 Å². The van der Waals surface area contributed by atoms with Gasteiger partial charge in [-0.1, -0.05) is 23.7 Å². The highest BCUT2D eigenvalue weighted by atomic mass is 35.5. The van der Waals surface area contributed by atoms with E-state index < -0.39 is 0 Å². The molecule has 2 aromatic carbocycles. The fraction of sp³-hybridized carbons (Fsp3) is 0.188. The Bertz CT molecular complexity index is 825. The van der Waals surface area contributed by atoms with Crippen molar-refractivity contribution in [1.82, 2.24) is 9.55 Å². The Labute approximate surface area is 132 Å². The average Bonchev–Trinajstić information content (AvgIpc) is 2.83. The predicted octanol–water partition coefficient (Wildman–Crippen LogP) is 5.43. The molecule has 2 nitrogen and oxygen atoms in total. The molecule has 0 aliphatic carbocycles. The number of imidazole rings is 1. The molecule has 0 saturated heterocycles. The van der Waals surface area contributed by atoms with Gasteiger partial charge in [-0.25, -0.2) is 9.37 Å². The number of benzene rings is 2. The molecule has 1 unspecified atom stereocenters. The number of hydrogen-bond acceptors (Lipinski definition) is 1. The van der Waals surface area contributed by atoms with E-state index in [1.165, 1.54) is 6.07 Å². The smallest absolute Gasteiger partial charge is 0.132 e. The van der Waals surface area contributed by atoms with Gasteiger partial charge in [0.05, 0.1) is 21.6 Å². The van der Waals surface area contributed by atoms with Crippen LogP contribution in [0.1, 0.15) is 23.7 Å². The quantitative estimate of drug-likeness (QED) is 0.575. The summed E-state index contributed by atoms with van der Waals surface area (Å²) in [5, 5.41) is 0.232. The first-order valence-electron chi connectivity index (χ1n) is 6.56. The fourth-order valence-electron chi connectivity index (χ4n) is 2.34. The first-order chi connectivity index (χ1) is 9.99. The molecule has 0 amide bonds. The van der Waals surface area contributed by atoms with Crippen LogP contribution in [0, 0.1) is 12.7 Å². The Hall–Kier alpha value is -1.58. The van der Waals surface area contributed by atoms with Crippen LogP contribution in [-0.2, 0) is 0 Å². The van der Waals surface area contributed by atoms with Crippen molar-refractivity contribution in [1.29, 1.82) is 0 Å². The van der Waals surface area contributed by atoms with E-state index in [1.54, 1.807) is 19.1 Å². The van der Waals surface area contributed by atoms with Crippen LogP contribution in [-0.4, -0.2) is 9.55 Å². The van der Waals surface area contributed by atoms with E-state index in [-0.39, 0.29) is 11.2 Å². The van der Waals surface area contributed by atoms with Crippen LogP contribution in [0.4, 0.5) is 4.39 Å². The Morgan fingerprint density at radius 2 is 2.00 bits per heavy atom. The number of hydrogen-bond donors (Lipinski definition) is 0. The average molecular weight is 323 g/mol. The van der Waals surface area contributed by atoms with E-state index in [2.05, 4.69) is 4.98 Å². The molecule has 5 heteroatoms. The fourth-order valence-corrected chi connectivity index (χ4v) is 2.70. The Morgan fingerprint density at radius 1 is 1.24 bits per heavy atom. The molecule has 3 aromatic rings. The maximum Gasteiger partial charge on any atom is 0.132 e. The summed E-state index contributed by atoms with van der Waals surface area (Å²) in [5.74, 6) is 0.382. The second kappa shape index (κ2) is 5.32. The summed E-state index contributed by atoms with van der Waals surface area (Å²) in [6, 6.07) is 10.6. The third-order valence-electron chi connectivity index (χ3n) is 3.43. The normalized spacial score (nSPS) is 12.8. The Kier molecular flexibility index (Phi) is 3.64. The van der Waals surface area contributed by atoms with Gasteiger partial charge in [-0.05, 0) is 43.7 Å². The lowest BCUT2D eigenvalue weighted by atomic mass is 10.2. The third kappa shape index (κ3) is 2.41. The molecule has 1 aromatic heterocycles. The second-order valence-corrected chi connectivity index (χ2v) is 6.02. The van der Waals surface area contributed by atoms with Gasteiger partial charge in [0.1, 0.15) is 17.2 Å². The number of fused-ring (bicyclic) bond motifs is 1. The van der Waals surface area contributed by atoms with Gasteiger partial charge in [0.15, 0.2) is 0 Å². The number of halogens is 3. The van der Waals surface area contributed by atoms with Gasteiger partial charge in [0, 0.05) is 0 Å². The van der Waals surface area contributed by atoms with Crippen molar-refractivity contribution in [2.75, 3.05) is 0 Å². The molecule has 21 heavy (non-hydrogen) atoms. The molecule has 0 aliphatic rings. The number of nitrogens with zero attached hydrogens (tertiary/aromatic N) is 2. The summed E-state index contributed by atoms with van der Waals surface area (Å²) in [7, 11) is 0. The lowest BCUT2D eigenvalue weighted by Gasteiger charge is -2.11. The summed E-state index contributed by atoms with van der Waals surface area (Å²) in [6.07, 6.45) is 0. The van der Waals surface area contributed by atoms with Crippen LogP contribution in [0.2, 0.25) is 5.02 Å². The van der Waals surface area contributed by atoms with Crippen molar-refractivity contribution in [3.05, 3.63) is 58.6 Å². The van der Waals surface area contributed by atoms with Crippen LogP contribution in [0.3, 0.4) is 0 Å². The van der Waals surface area contributed by atoms with E-state index in [0.29, 0.717) is 27.6 Å². The van der Waals surface area contributed by atoms with E-state index >= 15 is 0 Å². The summed E-state index contributed by atoms with van der Waals surface area (Å²) in [5.41, 5.74) is 2.77. The molecule has 108 valence electrons. The highest BCUT2D eigenvalue weighted by Gasteiger charge is 2.18. The zero-order valence-electron chi connectivity index (χ0n) is 11.6. The number of aromatic nitrogens is 2. The zero-order valence-corrected chi connectivity index (χ0v) is 13.1. The van der Waals surface area contributed by atoms with E-state index in [0.717, 1.165) is 5.52 Å². The summed E-state index contributed by atoms with van der Waals surface area (Å²) in [6.45, 7) is 3.56. The first kappa shape index (κ1) is 14.4. The largest absolute Gasteiger partial charge is 0.295 e. The lowest BCUT2D eigenvalue weighted by molar-refractivity contribution is 0.617. The summed E-state index contributed by atoms with van der Waals surface area (Å²) < 4.78 is 15.7. The van der Waals surface area contributed by atoms with Crippen molar-refractivity contribution in [3.8, 4) is 5.69 Å². The van der Waals surface area contributed by atoms with E-state index in [1.807, 2.05) is 29.7 Å². The maximum atomic E-state index is 13.9. The topological polar surface area (TPSA) is 17.8 Å². The molecular formula is C16H13Cl2FN2. The Morgan fingerprint density at radius 3 is 2.67 bits per heavy atom. The predicted molar refractivity (Wildman–Crippen MR) is 85.0 cm³/mol. The van der Waals surface area contributed by atoms with Gasteiger partial charge in [-0.2, -0.15) is 0 Å². The Balaban J connectivity index is 2.36. The number of aryl methyl sites for hydroxylation is 1. The lowest BCUT2D eigenvalue weighted by Crippen LogP contribution is -2.02. The first-order valence-corrected chi connectivity index (χ1v) is 7.38. The van der Waals surface area contributed by atoms with Crippen LogP contribution in [0.15, 0.2) is 36.4 Å². The molecule has 0 fully saturated rings. The van der Waals surface area contributed by atoms with Gasteiger partial charge >= 0.3 is 0 Å². The second-order valence-electron chi connectivity index (χ2n) is 4.96. The van der Waals surface area contributed by atoms with Crippen molar-refractivity contribution >= 4 is 34.2 Å². The minimum atomic E-state index is -0.321. The van der Waals surface area contributed by atoms with Crippen molar-refractivity contribution in [2.45, 2.75) is 19.2 Å². The molecular weight excluding hydrogens is 310 g/mol. The van der Waals surface area contributed by atoms with E-state index in [9.17, 15) is 4.39 Å². The van der Waals surface area contributed by atoms with Gasteiger partial charge in [0.2, 0.25) is 0 Å². The van der Waals surface area contributed by atoms with Gasteiger partial charge in [-0.15, -0.1) is 11.6 Å². The van der Waals surface area contributed by atoms with Crippen molar-refractivity contribution in [3.63, 3.8) is 0 Å². The van der Waals surface area contributed by atoms with Crippen LogP contribution in [0.25, 0.3) is 16.7 Å². The van der Waals surface area contributed by atoms with E-state index in [4.69, 9.17) is 23.2 Å². The van der Waals surface area contributed by atoms with Gasteiger partial charge in [-0.3, -0.25) is 4.57 Å². The molecule has 1 atom stereocenters. The van der Waals surface area contributed by atoms with Crippen LogP contribution >= 0.6 is 23.2 Å². The molecule has 0 spiro atoms. The standard InChI is InChI=1S/C16H13Cl2FN2/c1-9-6-7-11(8-13(9)19)21-14-5-3-4-12(18)15(14)20-16(21)10(2)17/h3-8,10H,1-2H3. The molecule has 1 heterocycles. The number of para-hydroxylation sites is 1. The van der Waals surface area contributed by atoms with Gasteiger partial charge in [0.25, 0.3) is 0 Å². The molecule has 0 aliphatic heterocycles. The number of rotatable bonds is 2. The summed E-state index contributed by atoms with van der Waals surface area (Å²) in [4.78, 5) is 4.52. The molecule has 3 rings (SSSR count). The van der Waals surface area contributed by atoms with Crippen molar-refractivity contribution in [2.24, 2.45) is 0 Å².